The number of nitrogens with zero attached hydrogens (tertiary/aromatic N) is 1. The lowest BCUT2D eigenvalue weighted by Crippen LogP contribution is -2.21. The zero-order valence-electron chi connectivity index (χ0n) is 8.25. The molecule has 0 aliphatic rings. The number of anilines is 2. The highest BCUT2D eigenvalue weighted by Crippen LogP contribution is 2.16. The predicted octanol–water partition coefficient (Wildman–Crippen LogP) is 1.82. The van der Waals surface area contributed by atoms with Crippen LogP contribution >= 0.6 is 0 Å². The molecular formula is C10H17N3. The van der Waals surface area contributed by atoms with Crippen LogP contribution in [0.3, 0.4) is 0 Å². The Hall–Kier alpha value is -1.22. The first-order chi connectivity index (χ1) is 6.31. The Kier molecular flexibility index (Phi) is 3.58. The number of benzene rings is 1. The third kappa shape index (κ3) is 2.36. The number of nitrogen functional groups attached to an aromatic ring is 1. The molecule has 0 fully saturated rings. The van der Waals surface area contributed by atoms with Crippen LogP contribution in [0, 0.1) is 0 Å². The minimum Gasteiger partial charge on any atom is -0.372 e. The summed E-state index contributed by atoms with van der Waals surface area (Å²) >= 11 is 0. The van der Waals surface area contributed by atoms with E-state index in [9.17, 15) is 0 Å². The van der Waals surface area contributed by atoms with Crippen molar-refractivity contribution in [1.82, 2.24) is 0 Å². The summed E-state index contributed by atoms with van der Waals surface area (Å²) in [7, 11) is 0. The molecule has 0 radical (unpaired) electrons. The highest BCUT2D eigenvalue weighted by molar-refractivity contribution is 5.54. The van der Waals surface area contributed by atoms with Gasteiger partial charge in [0, 0.05) is 24.5 Å². The molecule has 1 aromatic rings. The van der Waals surface area contributed by atoms with Crippen LogP contribution in [0.5, 0.6) is 0 Å². The highest BCUT2D eigenvalue weighted by atomic mass is 15.2. The van der Waals surface area contributed by atoms with Crippen LogP contribution in [0.15, 0.2) is 24.3 Å². The smallest absolute Gasteiger partial charge is 0.0486 e. The summed E-state index contributed by atoms with van der Waals surface area (Å²) in [4.78, 5) is 2.29. The lowest BCUT2D eigenvalue weighted by Gasteiger charge is -2.20. The van der Waals surface area contributed by atoms with Gasteiger partial charge in [-0.3, -0.25) is 5.84 Å². The van der Waals surface area contributed by atoms with Crippen molar-refractivity contribution in [3.8, 4) is 0 Å². The molecular weight excluding hydrogens is 162 g/mol. The summed E-state index contributed by atoms with van der Waals surface area (Å²) in [5.74, 6) is 5.28. The highest BCUT2D eigenvalue weighted by Gasteiger charge is 1.99. The van der Waals surface area contributed by atoms with Crippen LogP contribution < -0.4 is 16.2 Å². The Morgan fingerprint density at radius 3 is 2.08 bits per heavy atom. The standard InChI is InChI=1S/C10H17N3/c1-3-13(4-2)10-7-5-9(12-11)6-8-10/h5-8,12H,3-4,11H2,1-2H3. The molecule has 1 rings (SSSR count). The summed E-state index contributed by atoms with van der Waals surface area (Å²) < 4.78 is 0. The molecule has 1 aromatic carbocycles. The Morgan fingerprint density at radius 2 is 1.69 bits per heavy atom. The molecule has 3 heteroatoms. The maximum absolute atomic E-state index is 5.28. The Labute approximate surface area is 79.5 Å². The molecule has 0 heterocycles. The maximum atomic E-state index is 5.28. The van der Waals surface area contributed by atoms with Gasteiger partial charge in [0.25, 0.3) is 0 Å². The van der Waals surface area contributed by atoms with Gasteiger partial charge in [0.2, 0.25) is 0 Å². The Balaban J connectivity index is 2.78. The molecule has 0 aliphatic heterocycles. The van der Waals surface area contributed by atoms with E-state index in [1.807, 2.05) is 12.1 Å². The van der Waals surface area contributed by atoms with E-state index in [1.54, 1.807) is 0 Å². The molecule has 13 heavy (non-hydrogen) atoms. The normalized spacial score (nSPS) is 9.77. The molecule has 3 nitrogen and oxygen atoms in total. The van der Waals surface area contributed by atoms with Crippen molar-refractivity contribution in [2.45, 2.75) is 13.8 Å². The topological polar surface area (TPSA) is 41.3 Å². The van der Waals surface area contributed by atoms with E-state index in [2.05, 4.69) is 36.3 Å². The molecule has 0 amide bonds. The van der Waals surface area contributed by atoms with Crippen molar-refractivity contribution in [3.05, 3.63) is 24.3 Å². The fraction of sp³-hybridized carbons (Fsp3) is 0.400. The Bertz CT molecular complexity index is 239. The van der Waals surface area contributed by atoms with Crippen molar-refractivity contribution in [3.63, 3.8) is 0 Å². The zero-order valence-corrected chi connectivity index (χ0v) is 8.25. The summed E-state index contributed by atoms with van der Waals surface area (Å²) in [5.41, 5.74) is 4.79. The molecule has 3 N–H and O–H groups in total. The fourth-order valence-corrected chi connectivity index (χ4v) is 1.36. The van der Waals surface area contributed by atoms with Crippen molar-refractivity contribution in [2.24, 2.45) is 5.84 Å². The van der Waals surface area contributed by atoms with Crippen molar-refractivity contribution in [1.29, 1.82) is 0 Å². The van der Waals surface area contributed by atoms with E-state index in [0.29, 0.717) is 0 Å². The summed E-state index contributed by atoms with van der Waals surface area (Å²) in [6.07, 6.45) is 0. The quantitative estimate of drug-likeness (QED) is 0.547. The molecule has 0 bridgehead atoms. The van der Waals surface area contributed by atoms with E-state index in [4.69, 9.17) is 5.84 Å². The second-order valence-corrected chi connectivity index (χ2v) is 2.86. The van der Waals surface area contributed by atoms with Crippen LogP contribution in [0.25, 0.3) is 0 Å². The van der Waals surface area contributed by atoms with Gasteiger partial charge < -0.3 is 10.3 Å². The van der Waals surface area contributed by atoms with Crippen molar-refractivity contribution in [2.75, 3.05) is 23.4 Å². The van der Waals surface area contributed by atoms with Crippen molar-refractivity contribution < 1.29 is 0 Å². The van der Waals surface area contributed by atoms with E-state index in [1.165, 1.54) is 5.69 Å². The number of nitrogens with one attached hydrogen (secondary N) is 1. The lowest BCUT2D eigenvalue weighted by atomic mass is 10.2. The number of rotatable bonds is 4. The average Bonchev–Trinajstić information content (AvgIpc) is 2.21. The summed E-state index contributed by atoms with van der Waals surface area (Å²) in [6.45, 7) is 6.37. The molecule has 0 aliphatic carbocycles. The number of hydrogen-bond acceptors (Lipinski definition) is 3. The second-order valence-electron chi connectivity index (χ2n) is 2.86. The van der Waals surface area contributed by atoms with Gasteiger partial charge in [-0.05, 0) is 38.1 Å². The van der Waals surface area contributed by atoms with Crippen LogP contribution in [-0.2, 0) is 0 Å². The van der Waals surface area contributed by atoms with Crippen molar-refractivity contribution >= 4 is 11.4 Å². The van der Waals surface area contributed by atoms with E-state index in [-0.39, 0.29) is 0 Å². The van der Waals surface area contributed by atoms with Gasteiger partial charge in [0.15, 0.2) is 0 Å². The van der Waals surface area contributed by atoms with Crippen LogP contribution in [0.4, 0.5) is 11.4 Å². The SMILES string of the molecule is CCN(CC)c1ccc(NN)cc1. The van der Waals surface area contributed by atoms with Gasteiger partial charge >= 0.3 is 0 Å². The average molecular weight is 179 g/mol. The van der Waals surface area contributed by atoms with Gasteiger partial charge in [0.05, 0.1) is 0 Å². The van der Waals surface area contributed by atoms with Gasteiger partial charge in [-0.15, -0.1) is 0 Å². The van der Waals surface area contributed by atoms with E-state index >= 15 is 0 Å². The summed E-state index contributed by atoms with van der Waals surface area (Å²) in [5, 5.41) is 0. The summed E-state index contributed by atoms with van der Waals surface area (Å²) in [6, 6.07) is 8.10. The number of hydrogen-bond donors (Lipinski definition) is 2. The Morgan fingerprint density at radius 1 is 1.15 bits per heavy atom. The molecule has 0 aromatic heterocycles. The first kappa shape index (κ1) is 9.86. The molecule has 0 atom stereocenters. The minimum atomic E-state index is 0.941. The zero-order chi connectivity index (χ0) is 9.68. The third-order valence-corrected chi connectivity index (χ3v) is 2.16. The predicted molar refractivity (Wildman–Crippen MR) is 57.8 cm³/mol. The molecule has 0 unspecified atom stereocenters. The fourth-order valence-electron chi connectivity index (χ4n) is 1.36. The van der Waals surface area contributed by atoms with Gasteiger partial charge in [-0.2, -0.15) is 0 Å². The van der Waals surface area contributed by atoms with Gasteiger partial charge in [-0.25, -0.2) is 0 Å². The van der Waals surface area contributed by atoms with Gasteiger partial charge in [0.1, 0.15) is 0 Å². The minimum absolute atomic E-state index is 0.941. The second kappa shape index (κ2) is 4.72. The first-order valence-electron chi connectivity index (χ1n) is 4.63. The molecule has 0 saturated heterocycles. The number of hydrazine groups is 1. The molecule has 0 saturated carbocycles. The number of nitrogens with two attached hydrogens (primary N) is 1. The maximum Gasteiger partial charge on any atom is 0.0486 e. The van der Waals surface area contributed by atoms with Gasteiger partial charge in [-0.1, -0.05) is 0 Å². The monoisotopic (exact) mass is 179 g/mol. The van der Waals surface area contributed by atoms with E-state index < -0.39 is 0 Å². The largest absolute Gasteiger partial charge is 0.372 e. The van der Waals surface area contributed by atoms with Crippen LogP contribution in [-0.4, -0.2) is 13.1 Å². The van der Waals surface area contributed by atoms with Crippen LogP contribution in [0.2, 0.25) is 0 Å². The van der Waals surface area contributed by atoms with E-state index in [0.717, 1.165) is 18.8 Å². The first-order valence-corrected chi connectivity index (χ1v) is 4.63. The van der Waals surface area contributed by atoms with Crippen LogP contribution in [0.1, 0.15) is 13.8 Å². The molecule has 0 spiro atoms. The lowest BCUT2D eigenvalue weighted by molar-refractivity contribution is 0.866. The molecule has 72 valence electrons. The third-order valence-electron chi connectivity index (χ3n) is 2.16.